The van der Waals surface area contributed by atoms with Crippen molar-refractivity contribution >= 4 is 11.8 Å². The van der Waals surface area contributed by atoms with E-state index in [0.29, 0.717) is 11.4 Å². The second kappa shape index (κ2) is 5.04. The van der Waals surface area contributed by atoms with Gasteiger partial charge in [0.05, 0.1) is 17.4 Å². The molecule has 2 N–H and O–H groups in total. The van der Waals surface area contributed by atoms with Crippen molar-refractivity contribution in [3.8, 4) is 5.75 Å². The lowest BCUT2D eigenvalue weighted by molar-refractivity contribution is -0.121. The number of pyridine rings is 1. The van der Waals surface area contributed by atoms with E-state index in [1.165, 1.54) is 0 Å². The Labute approximate surface area is 130 Å². The number of nitrogen functional groups attached to an aromatic ring is 1. The van der Waals surface area contributed by atoms with E-state index in [2.05, 4.69) is 4.98 Å². The van der Waals surface area contributed by atoms with Crippen LogP contribution in [0, 0.1) is 0 Å². The molecule has 1 aromatic heterocycles. The maximum Gasteiger partial charge on any atom is 0.410 e. The molecule has 22 heavy (non-hydrogen) atoms. The highest BCUT2D eigenvalue weighted by Gasteiger charge is 2.57. The Kier molecular flexibility index (Phi) is 3.42. The van der Waals surface area contributed by atoms with Crippen molar-refractivity contribution in [1.29, 1.82) is 0 Å². The molecule has 0 unspecified atom stereocenters. The second-order valence-electron chi connectivity index (χ2n) is 7.17. The zero-order chi connectivity index (χ0) is 16.0. The van der Waals surface area contributed by atoms with E-state index in [1.807, 2.05) is 25.7 Å². The predicted octanol–water partition coefficient (Wildman–Crippen LogP) is 2.58. The number of hydrogen-bond acceptors (Lipinski definition) is 5. The molecule has 0 bridgehead atoms. The molecule has 6 heteroatoms. The molecule has 1 saturated heterocycles. The lowest BCUT2D eigenvalue weighted by Crippen LogP contribution is -2.70. The molecule has 1 aliphatic heterocycles. The van der Waals surface area contributed by atoms with E-state index < -0.39 is 5.60 Å². The Balaban J connectivity index is 1.56. The van der Waals surface area contributed by atoms with E-state index >= 15 is 0 Å². The summed E-state index contributed by atoms with van der Waals surface area (Å²) in [5, 5.41) is 0. The van der Waals surface area contributed by atoms with Gasteiger partial charge in [-0.25, -0.2) is 4.79 Å². The van der Waals surface area contributed by atoms with Gasteiger partial charge >= 0.3 is 6.09 Å². The first-order valence-corrected chi connectivity index (χ1v) is 7.66. The van der Waals surface area contributed by atoms with Crippen LogP contribution >= 0.6 is 0 Å². The molecule has 1 amide bonds. The Morgan fingerprint density at radius 1 is 1.45 bits per heavy atom. The minimum absolute atomic E-state index is 0.0746. The first-order valence-electron chi connectivity index (χ1n) is 7.66. The van der Waals surface area contributed by atoms with E-state index in [4.69, 9.17) is 15.2 Å². The number of rotatable bonds is 2. The zero-order valence-electron chi connectivity index (χ0n) is 13.3. The molecular weight excluding hydrogens is 282 g/mol. The maximum atomic E-state index is 12.2. The summed E-state index contributed by atoms with van der Waals surface area (Å²) in [5.74, 6) is 0.665. The van der Waals surface area contributed by atoms with Crippen molar-refractivity contribution in [3.63, 3.8) is 0 Å². The van der Waals surface area contributed by atoms with Crippen molar-refractivity contribution in [2.24, 2.45) is 0 Å². The molecule has 1 saturated carbocycles. The number of nitrogens with two attached hydrogens (primary N) is 1. The molecule has 0 atom stereocenters. The standard InChI is InChI=1S/C16H23N3O3/c1-15(2,3)22-14(20)19-7-5-16(19)8-11(9-16)21-13-4-6-18-10-12(13)17/h4,6,10-11H,5,7-9,17H2,1-3H3/t11-,16+. The molecule has 3 rings (SSSR count). The van der Waals surface area contributed by atoms with Gasteiger partial charge in [-0.1, -0.05) is 0 Å². The summed E-state index contributed by atoms with van der Waals surface area (Å²) < 4.78 is 11.4. The van der Waals surface area contributed by atoms with E-state index in [-0.39, 0.29) is 17.7 Å². The molecule has 1 spiro atoms. The molecule has 6 nitrogen and oxygen atoms in total. The highest BCUT2D eigenvalue weighted by atomic mass is 16.6. The SMILES string of the molecule is CC(C)(C)OC(=O)N1CC[C@]12C[C@H](Oc1ccncc1N)C2. The van der Waals surface area contributed by atoms with Crippen molar-refractivity contribution in [3.05, 3.63) is 18.5 Å². The van der Waals surface area contributed by atoms with Crippen LogP contribution in [0.15, 0.2) is 18.5 Å². The lowest BCUT2D eigenvalue weighted by atomic mass is 9.66. The third kappa shape index (κ3) is 2.69. The molecule has 0 radical (unpaired) electrons. The minimum Gasteiger partial charge on any atom is -0.488 e. The number of ether oxygens (including phenoxy) is 2. The number of hydrogen-bond donors (Lipinski definition) is 1. The quantitative estimate of drug-likeness (QED) is 0.908. The molecule has 1 aliphatic carbocycles. The Hall–Kier alpha value is -1.98. The fourth-order valence-corrected chi connectivity index (χ4v) is 3.12. The topological polar surface area (TPSA) is 77.7 Å². The van der Waals surface area contributed by atoms with Gasteiger partial charge in [-0.3, -0.25) is 4.98 Å². The highest BCUT2D eigenvalue weighted by Crippen LogP contribution is 2.49. The third-order valence-electron chi connectivity index (χ3n) is 4.31. The van der Waals surface area contributed by atoms with Crippen LogP contribution in [-0.2, 0) is 4.74 Å². The van der Waals surface area contributed by atoms with E-state index in [9.17, 15) is 4.79 Å². The summed E-state index contributed by atoms with van der Waals surface area (Å²) in [5.41, 5.74) is 5.84. The number of anilines is 1. The average Bonchev–Trinajstić information content (AvgIpc) is 2.31. The van der Waals surface area contributed by atoms with Gasteiger partial charge in [0, 0.05) is 31.6 Å². The summed E-state index contributed by atoms with van der Waals surface area (Å²) in [4.78, 5) is 18.0. The van der Waals surface area contributed by atoms with Crippen molar-refractivity contribution in [2.75, 3.05) is 12.3 Å². The van der Waals surface area contributed by atoms with Crippen LogP contribution < -0.4 is 10.5 Å². The van der Waals surface area contributed by atoms with Crippen LogP contribution in [0.5, 0.6) is 5.75 Å². The molecule has 1 aromatic rings. The van der Waals surface area contributed by atoms with Crippen LogP contribution in [0.1, 0.15) is 40.0 Å². The van der Waals surface area contributed by atoms with Gasteiger partial charge in [0.2, 0.25) is 0 Å². The van der Waals surface area contributed by atoms with Gasteiger partial charge in [0.25, 0.3) is 0 Å². The fourth-order valence-electron chi connectivity index (χ4n) is 3.12. The van der Waals surface area contributed by atoms with Gasteiger partial charge in [-0.2, -0.15) is 0 Å². The van der Waals surface area contributed by atoms with E-state index in [1.54, 1.807) is 18.5 Å². The minimum atomic E-state index is -0.459. The highest BCUT2D eigenvalue weighted by molar-refractivity contribution is 5.71. The molecule has 0 aromatic carbocycles. The van der Waals surface area contributed by atoms with Crippen LogP contribution in [-0.4, -0.2) is 39.8 Å². The third-order valence-corrected chi connectivity index (χ3v) is 4.31. The molecule has 2 heterocycles. The fraction of sp³-hybridized carbons (Fsp3) is 0.625. The number of carbonyl (C=O) groups is 1. The van der Waals surface area contributed by atoms with Crippen LogP contribution in [0.25, 0.3) is 0 Å². The first-order chi connectivity index (χ1) is 10.3. The van der Waals surface area contributed by atoms with Gasteiger partial charge in [-0.05, 0) is 27.2 Å². The predicted molar refractivity (Wildman–Crippen MR) is 82.6 cm³/mol. The number of likely N-dealkylation sites (tertiary alicyclic amines) is 1. The second-order valence-corrected chi connectivity index (χ2v) is 7.17. The van der Waals surface area contributed by atoms with Gasteiger partial charge in [-0.15, -0.1) is 0 Å². The van der Waals surface area contributed by atoms with Crippen molar-refractivity contribution < 1.29 is 14.3 Å². The Morgan fingerprint density at radius 3 is 2.73 bits per heavy atom. The summed E-state index contributed by atoms with van der Waals surface area (Å²) in [6.07, 6.45) is 5.78. The molecule has 2 fully saturated rings. The van der Waals surface area contributed by atoms with Crippen LogP contribution in [0.3, 0.4) is 0 Å². The van der Waals surface area contributed by atoms with Crippen LogP contribution in [0.2, 0.25) is 0 Å². The first kappa shape index (κ1) is 14.9. The molecule has 2 aliphatic rings. The maximum absolute atomic E-state index is 12.2. The zero-order valence-corrected chi connectivity index (χ0v) is 13.3. The monoisotopic (exact) mass is 305 g/mol. The van der Waals surface area contributed by atoms with Crippen LogP contribution in [0.4, 0.5) is 10.5 Å². The van der Waals surface area contributed by atoms with Gasteiger partial charge < -0.3 is 20.1 Å². The lowest BCUT2D eigenvalue weighted by Gasteiger charge is -2.60. The molecule has 120 valence electrons. The summed E-state index contributed by atoms with van der Waals surface area (Å²) in [6.45, 7) is 6.42. The Morgan fingerprint density at radius 2 is 2.18 bits per heavy atom. The number of carbonyl (C=O) groups excluding carboxylic acids is 1. The van der Waals surface area contributed by atoms with Crippen molar-refractivity contribution in [2.45, 2.75) is 57.3 Å². The largest absolute Gasteiger partial charge is 0.488 e. The van der Waals surface area contributed by atoms with Crippen molar-refractivity contribution in [1.82, 2.24) is 9.88 Å². The Bertz CT molecular complexity index is 576. The van der Waals surface area contributed by atoms with E-state index in [0.717, 1.165) is 25.8 Å². The van der Waals surface area contributed by atoms with Gasteiger partial charge in [0.1, 0.15) is 17.5 Å². The summed E-state index contributed by atoms with van der Waals surface area (Å²) >= 11 is 0. The number of nitrogens with zero attached hydrogens (tertiary/aromatic N) is 2. The average molecular weight is 305 g/mol. The number of aromatic nitrogens is 1. The summed E-state index contributed by atoms with van der Waals surface area (Å²) in [6, 6.07) is 1.77. The summed E-state index contributed by atoms with van der Waals surface area (Å²) in [7, 11) is 0. The van der Waals surface area contributed by atoms with Gasteiger partial charge in [0.15, 0.2) is 0 Å². The normalized spacial score (nSPS) is 27.0. The number of amides is 1. The molecular formula is C16H23N3O3. The smallest absolute Gasteiger partial charge is 0.410 e.